The van der Waals surface area contributed by atoms with Gasteiger partial charge < -0.3 is 9.42 Å². The molecule has 0 bridgehead atoms. The highest BCUT2D eigenvalue weighted by atomic mass is 32.2. The zero-order valence-electron chi connectivity index (χ0n) is 11.4. The molecule has 0 spiro atoms. The number of aromatic nitrogens is 2. The van der Waals surface area contributed by atoms with Gasteiger partial charge >= 0.3 is 0 Å². The average molecular weight is 289 g/mol. The first-order valence-electron chi connectivity index (χ1n) is 6.42. The van der Waals surface area contributed by atoms with E-state index in [1.54, 1.807) is 23.6 Å². The quantitative estimate of drug-likeness (QED) is 0.813. The van der Waals surface area contributed by atoms with Gasteiger partial charge in [-0.15, -0.1) is 11.8 Å². The summed E-state index contributed by atoms with van der Waals surface area (Å²) < 4.78 is 5.17. The zero-order chi connectivity index (χ0) is 14.1. The van der Waals surface area contributed by atoms with Crippen LogP contribution in [0.5, 0.6) is 0 Å². The molecule has 1 aliphatic heterocycles. The SMILES string of the molecule is CSc1ccc(N2CC(c3nc(C)no3)CC2=O)cc1. The minimum absolute atomic E-state index is 0.0103. The van der Waals surface area contributed by atoms with E-state index in [-0.39, 0.29) is 11.8 Å². The first kappa shape index (κ1) is 13.2. The Hall–Kier alpha value is -1.82. The van der Waals surface area contributed by atoms with Crippen molar-refractivity contribution < 1.29 is 9.32 Å². The molecule has 0 N–H and O–H groups in total. The maximum absolute atomic E-state index is 12.2. The fraction of sp³-hybridized carbons (Fsp3) is 0.357. The lowest BCUT2D eigenvalue weighted by molar-refractivity contribution is -0.117. The molecule has 0 aliphatic carbocycles. The van der Waals surface area contributed by atoms with E-state index in [1.165, 1.54) is 4.90 Å². The van der Waals surface area contributed by atoms with E-state index in [4.69, 9.17) is 4.52 Å². The molecule has 3 rings (SSSR count). The number of anilines is 1. The van der Waals surface area contributed by atoms with E-state index in [1.807, 2.05) is 30.5 Å². The lowest BCUT2D eigenvalue weighted by atomic mass is 10.1. The van der Waals surface area contributed by atoms with Gasteiger partial charge in [0.15, 0.2) is 5.82 Å². The van der Waals surface area contributed by atoms with Crippen molar-refractivity contribution in [2.45, 2.75) is 24.2 Å². The van der Waals surface area contributed by atoms with Gasteiger partial charge in [-0.2, -0.15) is 4.98 Å². The van der Waals surface area contributed by atoms with Crippen LogP contribution in [0, 0.1) is 6.92 Å². The predicted molar refractivity (Wildman–Crippen MR) is 77.0 cm³/mol. The minimum atomic E-state index is -0.0103. The fourth-order valence-electron chi connectivity index (χ4n) is 2.36. The summed E-state index contributed by atoms with van der Waals surface area (Å²) in [6, 6.07) is 8.01. The van der Waals surface area contributed by atoms with Gasteiger partial charge in [-0.05, 0) is 37.4 Å². The van der Waals surface area contributed by atoms with E-state index in [0.29, 0.717) is 24.7 Å². The number of hydrogen-bond acceptors (Lipinski definition) is 5. The number of amides is 1. The number of benzene rings is 1. The van der Waals surface area contributed by atoms with Crippen molar-refractivity contribution in [3.63, 3.8) is 0 Å². The van der Waals surface area contributed by atoms with Crippen LogP contribution in [0.4, 0.5) is 5.69 Å². The molecule has 1 aliphatic rings. The topological polar surface area (TPSA) is 59.2 Å². The van der Waals surface area contributed by atoms with Gasteiger partial charge in [-0.25, -0.2) is 0 Å². The average Bonchev–Trinajstić information content (AvgIpc) is 3.05. The van der Waals surface area contributed by atoms with Crippen LogP contribution in [0.25, 0.3) is 0 Å². The van der Waals surface area contributed by atoms with Crippen LogP contribution in [0.3, 0.4) is 0 Å². The maximum Gasteiger partial charge on any atom is 0.232 e. The van der Waals surface area contributed by atoms with Gasteiger partial charge in [0.25, 0.3) is 0 Å². The fourth-order valence-corrected chi connectivity index (χ4v) is 2.77. The lowest BCUT2D eigenvalue weighted by Crippen LogP contribution is -2.24. The summed E-state index contributed by atoms with van der Waals surface area (Å²) in [4.78, 5) is 19.3. The summed E-state index contributed by atoms with van der Waals surface area (Å²) in [5.74, 6) is 1.25. The molecule has 1 unspecified atom stereocenters. The van der Waals surface area contributed by atoms with Crippen LogP contribution in [0.15, 0.2) is 33.7 Å². The van der Waals surface area contributed by atoms with E-state index in [0.717, 1.165) is 5.69 Å². The summed E-state index contributed by atoms with van der Waals surface area (Å²) in [6.45, 7) is 2.38. The summed E-state index contributed by atoms with van der Waals surface area (Å²) in [6.07, 6.45) is 2.45. The Kier molecular flexibility index (Phi) is 3.48. The molecule has 5 nitrogen and oxygen atoms in total. The highest BCUT2D eigenvalue weighted by Crippen LogP contribution is 2.31. The Morgan fingerprint density at radius 2 is 2.10 bits per heavy atom. The van der Waals surface area contributed by atoms with Gasteiger partial charge in [0.1, 0.15) is 0 Å². The second-order valence-electron chi connectivity index (χ2n) is 4.78. The molecule has 6 heteroatoms. The molecule has 1 aromatic carbocycles. The Labute approximate surface area is 121 Å². The van der Waals surface area contributed by atoms with Crippen molar-refractivity contribution in [1.82, 2.24) is 10.1 Å². The van der Waals surface area contributed by atoms with Crippen molar-refractivity contribution >= 4 is 23.4 Å². The Balaban J connectivity index is 1.79. The summed E-state index contributed by atoms with van der Waals surface area (Å²) in [5, 5.41) is 3.79. The number of carbonyl (C=O) groups excluding carboxylic acids is 1. The third-order valence-electron chi connectivity index (χ3n) is 3.40. The molecule has 2 heterocycles. The zero-order valence-corrected chi connectivity index (χ0v) is 12.2. The number of aryl methyl sites for hydroxylation is 1. The van der Waals surface area contributed by atoms with Gasteiger partial charge in [0, 0.05) is 23.5 Å². The normalized spacial score (nSPS) is 18.8. The van der Waals surface area contributed by atoms with Crippen molar-refractivity contribution in [2.24, 2.45) is 0 Å². The number of thioether (sulfide) groups is 1. The number of hydrogen-bond donors (Lipinski definition) is 0. The van der Waals surface area contributed by atoms with E-state index >= 15 is 0 Å². The first-order chi connectivity index (χ1) is 9.67. The predicted octanol–water partition coefficient (Wildman–Crippen LogP) is 2.62. The van der Waals surface area contributed by atoms with Crippen molar-refractivity contribution in [3.8, 4) is 0 Å². The molecule has 1 aromatic heterocycles. The molecular formula is C14H15N3O2S. The number of nitrogens with zero attached hydrogens (tertiary/aromatic N) is 3. The summed E-state index contributed by atoms with van der Waals surface area (Å²) in [7, 11) is 0. The second-order valence-corrected chi connectivity index (χ2v) is 5.66. The van der Waals surface area contributed by atoms with Crippen molar-refractivity contribution in [3.05, 3.63) is 36.0 Å². The largest absolute Gasteiger partial charge is 0.339 e. The van der Waals surface area contributed by atoms with E-state index < -0.39 is 0 Å². The number of rotatable bonds is 3. The summed E-state index contributed by atoms with van der Waals surface area (Å²) >= 11 is 1.68. The van der Waals surface area contributed by atoms with Crippen LogP contribution < -0.4 is 4.90 Å². The molecule has 1 amide bonds. The second kappa shape index (κ2) is 5.28. The van der Waals surface area contributed by atoms with E-state index in [9.17, 15) is 4.79 Å². The molecule has 20 heavy (non-hydrogen) atoms. The Bertz CT molecular complexity index is 624. The Morgan fingerprint density at radius 1 is 1.35 bits per heavy atom. The monoisotopic (exact) mass is 289 g/mol. The summed E-state index contributed by atoms with van der Waals surface area (Å²) in [5.41, 5.74) is 0.923. The minimum Gasteiger partial charge on any atom is -0.339 e. The maximum atomic E-state index is 12.2. The Morgan fingerprint density at radius 3 is 2.70 bits per heavy atom. The molecule has 1 atom stereocenters. The highest BCUT2D eigenvalue weighted by molar-refractivity contribution is 7.98. The highest BCUT2D eigenvalue weighted by Gasteiger charge is 2.34. The van der Waals surface area contributed by atoms with Gasteiger partial charge in [-0.3, -0.25) is 4.79 Å². The third kappa shape index (κ3) is 2.43. The van der Waals surface area contributed by atoms with Crippen molar-refractivity contribution in [1.29, 1.82) is 0 Å². The molecule has 104 valence electrons. The first-order valence-corrected chi connectivity index (χ1v) is 7.64. The molecular weight excluding hydrogens is 274 g/mol. The van der Waals surface area contributed by atoms with Gasteiger partial charge in [0.05, 0.1) is 5.92 Å². The standard InChI is InChI=1S/C14H15N3O2S/c1-9-15-14(19-16-9)10-7-13(18)17(8-10)11-3-5-12(20-2)6-4-11/h3-6,10H,7-8H2,1-2H3. The van der Waals surface area contributed by atoms with Crippen LogP contribution >= 0.6 is 11.8 Å². The molecule has 1 fully saturated rings. The van der Waals surface area contributed by atoms with Crippen LogP contribution in [-0.2, 0) is 4.79 Å². The van der Waals surface area contributed by atoms with Crippen molar-refractivity contribution in [2.75, 3.05) is 17.7 Å². The van der Waals surface area contributed by atoms with E-state index in [2.05, 4.69) is 10.1 Å². The third-order valence-corrected chi connectivity index (χ3v) is 4.15. The molecule has 0 saturated carbocycles. The molecule has 1 saturated heterocycles. The molecule has 0 radical (unpaired) electrons. The van der Waals surface area contributed by atoms with Crippen LogP contribution in [-0.4, -0.2) is 28.8 Å². The van der Waals surface area contributed by atoms with Gasteiger partial charge in [0.2, 0.25) is 11.8 Å². The van der Waals surface area contributed by atoms with Crippen LogP contribution in [0.1, 0.15) is 24.1 Å². The molecule has 2 aromatic rings. The smallest absolute Gasteiger partial charge is 0.232 e. The van der Waals surface area contributed by atoms with Gasteiger partial charge in [-0.1, -0.05) is 5.16 Å². The lowest BCUT2D eigenvalue weighted by Gasteiger charge is -2.16. The number of carbonyl (C=O) groups is 1. The van der Waals surface area contributed by atoms with Crippen LogP contribution in [0.2, 0.25) is 0 Å².